The molecule has 1 N–H and O–H groups in total. The van der Waals surface area contributed by atoms with E-state index in [0.717, 1.165) is 12.1 Å². The fraction of sp³-hybridized carbons (Fsp3) is 0.385. The summed E-state index contributed by atoms with van der Waals surface area (Å²) in [6.07, 6.45) is 1.72. The molecule has 0 atom stereocenters. The van der Waals surface area contributed by atoms with Crippen molar-refractivity contribution in [3.8, 4) is 0 Å². The number of nitrogens with zero attached hydrogens (tertiary/aromatic N) is 1. The average Bonchev–Trinajstić information content (AvgIpc) is 2.36. The summed E-state index contributed by atoms with van der Waals surface area (Å²) in [7, 11) is 1.93. The number of carbonyl (C=O) groups is 2. The first-order valence-electron chi connectivity index (χ1n) is 5.70. The lowest BCUT2D eigenvalue weighted by Gasteiger charge is -2.19. The van der Waals surface area contributed by atoms with E-state index in [1.54, 1.807) is 0 Å². The monoisotopic (exact) mass is 234 g/mol. The molecular formula is C13H18N2O2. The SMILES string of the molecule is CCc1cccc(N(C)CCC(=O)NC=O)c1. The molecule has 0 unspecified atom stereocenters. The Morgan fingerprint density at radius 2 is 2.24 bits per heavy atom. The minimum absolute atomic E-state index is 0.251. The van der Waals surface area contributed by atoms with Crippen LogP contribution in [0, 0.1) is 0 Å². The molecule has 2 amide bonds. The molecule has 1 rings (SSSR count). The number of anilines is 1. The number of aryl methyl sites for hydroxylation is 1. The largest absolute Gasteiger partial charge is 0.374 e. The fourth-order valence-corrected chi connectivity index (χ4v) is 1.55. The zero-order valence-electron chi connectivity index (χ0n) is 10.3. The van der Waals surface area contributed by atoms with E-state index >= 15 is 0 Å². The summed E-state index contributed by atoms with van der Waals surface area (Å²) < 4.78 is 0. The van der Waals surface area contributed by atoms with Crippen LogP contribution in [-0.2, 0) is 16.0 Å². The molecule has 0 bridgehead atoms. The van der Waals surface area contributed by atoms with Gasteiger partial charge >= 0.3 is 0 Å². The van der Waals surface area contributed by atoms with Gasteiger partial charge in [-0.3, -0.25) is 14.9 Å². The number of benzene rings is 1. The summed E-state index contributed by atoms with van der Waals surface area (Å²) in [6, 6.07) is 8.21. The maximum atomic E-state index is 11.1. The normalized spacial score (nSPS) is 9.76. The molecule has 0 aliphatic rings. The molecule has 0 radical (unpaired) electrons. The smallest absolute Gasteiger partial charge is 0.228 e. The number of imide groups is 1. The summed E-state index contributed by atoms with van der Waals surface area (Å²) in [4.78, 5) is 23.2. The van der Waals surface area contributed by atoms with Crippen molar-refractivity contribution in [2.24, 2.45) is 0 Å². The number of hydrogen-bond donors (Lipinski definition) is 1. The van der Waals surface area contributed by atoms with E-state index in [0.29, 0.717) is 19.4 Å². The molecular weight excluding hydrogens is 216 g/mol. The van der Waals surface area contributed by atoms with Crippen LogP contribution in [0.3, 0.4) is 0 Å². The van der Waals surface area contributed by atoms with Gasteiger partial charge in [-0.1, -0.05) is 19.1 Å². The van der Waals surface area contributed by atoms with Crippen LogP contribution in [0.4, 0.5) is 5.69 Å². The van der Waals surface area contributed by atoms with Gasteiger partial charge in [0.25, 0.3) is 0 Å². The lowest BCUT2D eigenvalue weighted by Crippen LogP contribution is -2.27. The van der Waals surface area contributed by atoms with E-state index in [1.807, 2.05) is 24.1 Å². The van der Waals surface area contributed by atoms with Crippen molar-refractivity contribution < 1.29 is 9.59 Å². The van der Waals surface area contributed by atoms with Crippen LogP contribution in [0.15, 0.2) is 24.3 Å². The Balaban J connectivity index is 2.54. The van der Waals surface area contributed by atoms with Gasteiger partial charge < -0.3 is 4.90 Å². The molecule has 92 valence electrons. The van der Waals surface area contributed by atoms with Crippen molar-refractivity contribution in [2.45, 2.75) is 19.8 Å². The summed E-state index contributed by atoms with van der Waals surface area (Å²) in [5.74, 6) is -0.251. The zero-order valence-corrected chi connectivity index (χ0v) is 10.3. The van der Waals surface area contributed by atoms with E-state index in [-0.39, 0.29) is 5.91 Å². The van der Waals surface area contributed by atoms with E-state index in [9.17, 15) is 9.59 Å². The minimum atomic E-state index is -0.251. The van der Waals surface area contributed by atoms with Gasteiger partial charge in [-0.05, 0) is 24.1 Å². The van der Waals surface area contributed by atoms with Crippen molar-refractivity contribution >= 4 is 18.0 Å². The van der Waals surface area contributed by atoms with Crippen molar-refractivity contribution in [2.75, 3.05) is 18.5 Å². The highest BCUT2D eigenvalue weighted by Gasteiger charge is 2.05. The van der Waals surface area contributed by atoms with Crippen LogP contribution < -0.4 is 10.2 Å². The molecule has 17 heavy (non-hydrogen) atoms. The van der Waals surface area contributed by atoms with Crippen LogP contribution in [-0.4, -0.2) is 25.9 Å². The van der Waals surface area contributed by atoms with Gasteiger partial charge in [0, 0.05) is 25.7 Å². The molecule has 1 aromatic rings. The second kappa shape index (κ2) is 6.68. The van der Waals surface area contributed by atoms with E-state index in [2.05, 4.69) is 24.4 Å². The van der Waals surface area contributed by atoms with Crippen molar-refractivity contribution in [3.63, 3.8) is 0 Å². The standard InChI is InChI=1S/C13H18N2O2/c1-3-11-5-4-6-12(9-11)15(2)8-7-13(17)14-10-16/h4-6,9-10H,3,7-8H2,1-2H3,(H,14,16,17). The third kappa shape index (κ3) is 4.26. The molecule has 0 aliphatic carbocycles. The molecule has 0 fully saturated rings. The van der Waals surface area contributed by atoms with Gasteiger partial charge in [-0.2, -0.15) is 0 Å². The molecule has 0 aliphatic heterocycles. The fourth-order valence-electron chi connectivity index (χ4n) is 1.55. The van der Waals surface area contributed by atoms with Gasteiger partial charge in [-0.25, -0.2) is 0 Å². The number of rotatable bonds is 6. The summed E-state index contributed by atoms with van der Waals surface area (Å²) >= 11 is 0. The van der Waals surface area contributed by atoms with E-state index in [4.69, 9.17) is 0 Å². The predicted molar refractivity (Wildman–Crippen MR) is 67.9 cm³/mol. The van der Waals surface area contributed by atoms with Gasteiger partial charge in [-0.15, -0.1) is 0 Å². The van der Waals surface area contributed by atoms with Gasteiger partial charge in [0.2, 0.25) is 12.3 Å². The first kappa shape index (κ1) is 13.2. The van der Waals surface area contributed by atoms with Crippen molar-refractivity contribution in [3.05, 3.63) is 29.8 Å². The first-order chi connectivity index (χ1) is 8.17. The Morgan fingerprint density at radius 1 is 1.47 bits per heavy atom. The first-order valence-corrected chi connectivity index (χ1v) is 5.70. The highest BCUT2D eigenvalue weighted by Crippen LogP contribution is 2.15. The van der Waals surface area contributed by atoms with Crippen LogP contribution in [0.5, 0.6) is 0 Å². The van der Waals surface area contributed by atoms with E-state index < -0.39 is 0 Å². The van der Waals surface area contributed by atoms with Gasteiger partial charge in [0.1, 0.15) is 0 Å². The lowest BCUT2D eigenvalue weighted by atomic mass is 10.1. The summed E-state index contributed by atoms with van der Waals surface area (Å²) in [5.41, 5.74) is 2.36. The third-order valence-electron chi connectivity index (χ3n) is 2.65. The maximum Gasteiger partial charge on any atom is 0.228 e. The molecule has 4 nitrogen and oxygen atoms in total. The predicted octanol–water partition coefficient (Wildman–Crippen LogP) is 1.35. The molecule has 0 spiro atoms. The second-order valence-electron chi connectivity index (χ2n) is 3.88. The zero-order chi connectivity index (χ0) is 12.7. The average molecular weight is 234 g/mol. The van der Waals surface area contributed by atoms with Crippen LogP contribution in [0.1, 0.15) is 18.9 Å². The third-order valence-corrected chi connectivity index (χ3v) is 2.65. The molecule has 0 heterocycles. The summed E-state index contributed by atoms with van der Waals surface area (Å²) in [6.45, 7) is 2.70. The number of nitrogens with one attached hydrogen (secondary N) is 1. The Kier molecular flexibility index (Phi) is 5.20. The molecule has 1 aromatic carbocycles. The van der Waals surface area contributed by atoms with Crippen molar-refractivity contribution in [1.82, 2.24) is 5.32 Å². The number of amides is 2. The Bertz CT molecular complexity index is 391. The number of carbonyl (C=O) groups excluding carboxylic acids is 2. The second-order valence-corrected chi connectivity index (χ2v) is 3.88. The highest BCUT2D eigenvalue weighted by molar-refractivity contribution is 5.86. The minimum Gasteiger partial charge on any atom is -0.374 e. The van der Waals surface area contributed by atoms with Gasteiger partial charge in [0.05, 0.1) is 0 Å². The van der Waals surface area contributed by atoms with E-state index in [1.165, 1.54) is 5.56 Å². The topological polar surface area (TPSA) is 49.4 Å². The lowest BCUT2D eigenvalue weighted by molar-refractivity contribution is -0.125. The molecule has 4 heteroatoms. The molecule has 0 saturated heterocycles. The Hall–Kier alpha value is -1.84. The van der Waals surface area contributed by atoms with Crippen molar-refractivity contribution in [1.29, 1.82) is 0 Å². The number of hydrogen-bond acceptors (Lipinski definition) is 3. The highest BCUT2D eigenvalue weighted by atomic mass is 16.2. The molecule has 0 aromatic heterocycles. The van der Waals surface area contributed by atoms with Gasteiger partial charge in [0.15, 0.2) is 0 Å². The van der Waals surface area contributed by atoms with Crippen LogP contribution in [0.25, 0.3) is 0 Å². The Morgan fingerprint density at radius 3 is 2.88 bits per heavy atom. The summed E-state index contributed by atoms with van der Waals surface area (Å²) in [5, 5.41) is 2.13. The van der Waals surface area contributed by atoms with Crippen LogP contribution >= 0.6 is 0 Å². The quantitative estimate of drug-likeness (QED) is 0.756. The van der Waals surface area contributed by atoms with Crippen LogP contribution in [0.2, 0.25) is 0 Å². The maximum absolute atomic E-state index is 11.1. The molecule has 0 saturated carbocycles. The Labute approximate surface area is 102 Å².